The molecule has 162 valence electrons. The molecule has 0 atom stereocenters. The molecule has 0 spiro atoms. The van der Waals surface area contributed by atoms with E-state index in [4.69, 9.17) is 0 Å². The van der Waals surface area contributed by atoms with E-state index in [9.17, 15) is 58.3 Å². The number of carbonyl (C=O) groups is 3. The second-order valence-electron chi connectivity index (χ2n) is 5.14. The standard InChI is InChI=1S/C14H6F10O5/c1-5(25)7-4-6(28-9(26)11(15,16)13(19,20)21)2-3-8(7)29-10(27)12(17,18)14(22,23)24/h2-4H,1H3. The van der Waals surface area contributed by atoms with Crippen LogP contribution in [0.25, 0.3) is 0 Å². The smallest absolute Gasteiger partial charge is 0.422 e. The summed E-state index contributed by atoms with van der Waals surface area (Å²) < 4.78 is 132. The van der Waals surface area contributed by atoms with Gasteiger partial charge < -0.3 is 9.47 Å². The summed E-state index contributed by atoms with van der Waals surface area (Å²) >= 11 is 0. The van der Waals surface area contributed by atoms with E-state index in [-0.39, 0.29) is 12.1 Å². The first-order chi connectivity index (χ1) is 12.8. The SMILES string of the molecule is CC(=O)c1cc(OC(=O)C(F)(F)C(F)(F)F)ccc1OC(=O)C(F)(F)C(F)(F)F. The fourth-order valence-corrected chi connectivity index (χ4v) is 1.50. The van der Waals surface area contributed by atoms with E-state index in [2.05, 4.69) is 9.47 Å². The van der Waals surface area contributed by atoms with Crippen LogP contribution >= 0.6 is 0 Å². The molecule has 1 rings (SSSR count). The highest BCUT2D eigenvalue weighted by atomic mass is 19.4. The van der Waals surface area contributed by atoms with Crippen LogP contribution in [0.5, 0.6) is 11.5 Å². The minimum Gasteiger partial charge on any atom is -0.422 e. The summed E-state index contributed by atoms with van der Waals surface area (Å²) in [6.45, 7) is 0.643. The van der Waals surface area contributed by atoms with Crippen molar-refractivity contribution in [1.82, 2.24) is 0 Å². The third-order valence-electron chi connectivity index (χ3n) is 2.97. The molecule has 0 aromatic heterocycles. The number of esters is 2. The summed E-state index contributed by atoms with van der Waals surface area (Å²) in [5.41, 5.74) is -1.03. The lowest BCUT2D eigenvalue weighted by Crippen LogP contribution is -2.46. The average Bonchev–Trinajstić information content (AvgIpc) is 2.53. The van der Waals surface area contributed by atoms with E-state index in [1.807, 2.05) is 0 Å². The van der Waals surface area contributed by atoms with Gasteiger partial charge in [0.15, 0.2) is 5.78 Å². The third-order valence-corrected chi connectivity index (χ3v) is 2.97. The zero-order chi connectivity index (χ0) is 23.0. The molecular weight excluding hydrogens is 438 g/mol. The van der Waals surface area contributed by atoms with Crippen molar-refractivity contribution in [2.45, 2.75) is 31.1 Å². The Hall–Kier alpha value is -2.87. The normalized spacial score (nSPS) is 13.1. The Kier molecular flexibility index (Phi) is 6.26. The van der Waals surface area contributed by atoms with Crippen molar-refractivity contribution in [3.8, 4) is 11.5 Å². The van der Waals surface area contributed by atoms with Crippen LogP contribution in [-0.4, -0.2) is 41.9 Å². The van der Waals surface area contributed by atoms with Crippen molar-refractivity contribution in [3.05, 3.63) is 23.8 Å². The molecule has 15 heteroatoms. The van der Waals surface area contributed by atoms with Gasteiger partial charge in [-0.15, -0.1) is 0 Å². The Labute approximate surface area is 153 Å². The largest absolute Gasteiger partial charge is 0.465 e. The zero-order valence-electron chi connectivity index (χ0n) is 13.6. The summed E-state index contributed by atoms with van der Waals surface area (Å²) in [6.07, 6.45) is -12.7. The molecule has 0 radical (unpaired) electrons. The molecule has 0 heterocycles. The minimum absolute atomic E-state index is 0.223. The maximum Gasteiger partial charge on any atom is 0.465 e. The zero-order valence-corrected chi connectivity index (χ0v) is 13.6. The van der Waals surface area contributed by atoms with Gasteiger partial charge in [0.05, 0.1) is 5.56 Å². The van der Waals surface area contributed by atoms with E-state index in [0.717, 1.165) is 0 Å². The third kappa shape index (κ3) is 4.95. The molecule has 0 aliphatic carbocycles. The van der Waals surface area contributed by atoms with Crippen LogP contribution in [0.3, 0.4) is 0 Å². The van der Waals surface area contributed by atoms with Gasteiger partial charge in [-0.05, 0) is 25.1 Å². The first-order valence-electron chi connectivity index (χ1n) is 6.81. The highest BCUT2D eigenvalue weighted by Crippen LogP contribution is 2.39. The molecule has 0 saturated carbocycles. The molecule has 0 unspecified atom stereocenters. The molecule has 0 saturated heterocycles. The number of ether oxygens (including phenoxy) is 2. The van der Waals surface area contributed by atoms with Gasteiger partial charge in [-0.1, -0.05) is 0 Å². The maximum absolute atomic E-state index is 12.9. The van der Waals surface area contributed by atoms with Crippen LogP contribution in [-0.2, 0) is 9.59 Å². The molecule has 0 aliphatic rings. The van der Waals surface area contributed by atoms with Gasteiger partial charge in [-0.25, -0.2) is 9.59 Å². The molecule has 29 heavy (non-hydrogen) atoms. The maximum atomic E-state index is 12.9. The highest BCUT2D eigenvalue weighted by molar-refractivity contribution is 5.98. The predicted octanol–water partition coefficient (Wildman–Crippen LogP) is 4.10. The second-order valence-corrected chi connectivity index (χ2v) is 5.14. The van der Waals surface area contributed by atoms with Crippen molar-refractivity contribution < 1.29 is 67.8 Å². The minimum atomic E-state index is -6.35. The number of benzene rings is 1. The fourth-order valence-electron chi connectivity index (χ4n) is 1.50. The Bertz CT molecular complexity index is 825. The van der Waals surface area contributed by atoms with Crippen LogP contribution in [0.2, 0.25) is 0 Å². The van der Waals surface area contributed by atoms with Gasteiger partial charge in [-0.2, -0.15) is 43.9 Å². The molecular formula is C14H6F10O5. The summed E-state index contributed by atoms with van der Waals surface area (Å²) in [6, 6.07) is 0.807. The van der Waals surface area contributed by atoms with E-state index >= 15 is 0 Å². The van der Waals surface area contributed by atoms with Crippen molar-refractivity contribution in [2.24, 2.45) is 0 Å². The molecule has 0 aliphatic heterocycles. The highest BCUT2D eigenvalue weighted by Gasteiger charge is 2.66. The van der Waals surface area contributed by atoms with Crippen LogP contribution in [0.15, 0.2) is 18.2 Å². The number of Topliss-reactive ketones (excluding diaryl/α,β-unsaturated/α-hetero) is 1. The summed E-state index contributed by atoms with van der Waals surface area (Å²) in [5.74, 6) is -21.8. The molecule has 0 bridgehead atoms. The van der Waals surface area contributed by atoms with Crippen LogP contribution < -0.4 is 9.47 Å². The molecule has 5 nitrogen and oxygen atoms in total. The Morgan fingerprint density at radius 3 is 1.52 bits per heavy atom. The molecule has 0 fully saturated rings. The van der Waals surface area contributed by atoms with E-state index < -0.39 is 59.0 Å². The molecule has 1 aromatic carbocycles. The number of carbonyl (C=O) groups excluding carboxylic acids is 3. The number of alkyl halides is 10. The van der Waals surface area contributed by atoms with Crippen molar-refractivity contribution in [1.29, 1.82) is 0 Å². The lowest BCUT2D eigenvalue weighted by molar-refractivity contribution is -0.277. The molecule has 1 aromatic rings. The van der Waals surface area contributed by atoms with Gasteiger partial charge >= 0.3 is 36.1 Å². The fraction of sp³-hybridized carbons (Fsp3) is 0.357. The number of ketones is 1. The van der Waals surface area contributed by atoms with Crippen molar-refractivity contribution in [3.63, 3.8) is 0 Å². The van der Waals surface area contributed by atoms with E-state index in [0.29, 0.717) is 13.0 Å². The number of halogens is 10. The van der Waals surface area contributed by atoms with Gasteiger partial charge in [0.1, 0.15) is 11.5 Å². The second kappa shape index (κ2) is 7.51. The number of hydrogen-bond donors (Lipinski definition) is 0. The van der Waals surface area contributed by atoms with Gasteiger partial charge in [-0.3, -0.25) is 4.79 Å². The number of rotatable bonds is 5. The Morgan fingerprint density at radius 1 is 0.724 bits per heavy atom. The predicted molar refractivity (Wildman–Crippen MR) is 69.7 cm³/mol. The first-order valence-corrected chi connectivity index (χ1v) is 6.81. The monoisotopic (exact) mass is 444 g/mol. The Balaban J connectivity index is 3.21. The van der Waals surface area contributed by atoms with Crippen molar-refractivity contribution in [2.75, 3.05) is 0 Å². The summed E-state index contributed by atoms with van der Waals surface area (Å²) in [7, 11) is 0. The van der Waals surface area contributed by atoms with Gasteiger partial charge in [0.2, 0.25) is 0 Å². The van der Waals surface area contributed by atoms with Gasteiger partial charge in [0, 0.05) is 0 Å². The quantitative estimate of drug-likeness (QED) is 0.296. The van der Waals surface area contributed by atoms with Gasteiger partial charge in [0.25, 0.3) is 0 Å². The lowest BCUT2D eigenvalue weighted by Gasteiger charge is -2.19. The van der Waals surface area contributed by atoms with Crippen LogP contribution in [0.1, 0.15) is 17.3 Å². The molecule has 0 N–H and O–H groups in total. The number of hydrogen-bond acceptors (Lipinski definition) is 5. The molecule has 0 amide bonds. The van der Waals surface area contributed by atoms with Crippen LogP contribution in [0, 0.1) is 0 Å². The van der Waals surface area contributed by atoms with E-state index in [1.165, 1.54) is 0 Å². The lowest BCUT2D eigenvalue weighted by atomic mass is 10.1. The van der Waals surface area contributed by atoms with Crippen LogP contribution in [0.4, 0.5) is 43.9 Å². The van der Waals surface area contributed by atoms with Crippen molar-refractivity contribution >= 4 is 17.7 Å². The van der Waals surface area contributed by atoms with E-state index in [1.54, 1.807) is 0 Å². The first kappa shape index (κ1) is 24.2. The average molecular weight is 444 g/mol. The summed E-state index contributed by atoms with van der Waals surface area (Å²) in [4.78, 5) is 33.4. The Morgan fingerprint density at radius 2 is 1.14 bits per heavy atom. The topological polar surface area (TPSA) is 69.7 Å². The summed E-state index contributed by atoms with van der Waals surface area (Å²) in [5, 5.41) is 0.